The molecule has 1 aromatic rings. The van der Waals surface area contributed by atoms with E-state index in [-0.39, 0.29) is 6.54 Å². The second-order valence-electron chi connectivity index (χ2n) is 3.63. The second-order valence-corrected chi connectivity index (χ2v) is 3.63. The van der Waals surface area contributed by atoms with Crippen LogP contribution in [-0.4, -0.2) is 49.5 Å². The fourth-order valence-electron chi connectivity index (χ4n) is 1.32. The molecular weight excluding hydrogens is 238 g/mol. The maximum absolute atomic E-state index is 10.9. The van der Waals surface area contributed by atoms with Crippen molar-refractivity contribution in [1.29, 1.82) is 0 Å². The number of likely N-dealkylation sites (N-methyl/N-ethyl adjacent to an activating group) is 1. The number of amides is 1. The molecule has 8 nitrogen and oxygen atoms in total. The summed E-state index contributed by atoms with van der Waals surface area (Å²) >= 11 is 0. The number of carbonyl (C=O) groups excluding carboxylic acids is 1. The molecule has 0 unspecified atom stereocenters. The van der Waals surface area contributed by atoms with E-state index in [0.29, 0.717) is 38.1 Å². The number of nitrogens with two attached hydrogens (primary N) is 1. The summed E-state index contributed by atoms with van der Waals surface area (Å²) in [6.45, 7) is 4.29. The summed E-state index contributed by atoms with van der Waals surface area (Å²) in [5.74, 6) is 0.0267. The molecule has 1 heterocycles. The van der Waals surface area contributed by atoms with Crippen molar-refractivity contribution < 1.29 is 13.9 Å². The number of carbonyl (C=O) groups is 1. The first-order valence-corrected chi connectivity index (χ1v) is 5.72. The Balaban J connectivity index is 2.47. The van der Waals surface area contributed by atoms with Crippen LogP contribution in [0.15, 0.2) is 4.42 Å². The Hall–Kier alpha value is -1.67. The van der Waals surface area contributed by atoms with Gasteiger partial charge in [0.25, 0.3) is 0 Å². The van der Waals surface area contributed by atoms with Gasteiger partial charge in [-0.1, -0.05) is 5.10 Å². The maximum Gasteiger partial charge on any atom is 0.318 e. The van der Waals surface area contributed by atoms with E-state index in [1.807, 2.05) is 6.92 Å². The minimum Gasteiger partial charge on any atom is -0.407 e. The van der Waals surface area contributed by atoms with Crippen LogP contribution in [0.3, 0.4) is 0 Å². The Morgan fingerprint density at radius 3 is 2.94 bits per heavy atom. The topological polar surface area (TPSA) is 107 Å². The minimum absolute atomic E-state index is 0.0647. The van der Waals surface area contributed by atoms with Gasteiger partial charge in [0, 0.05) is 20.2 Å². The van der Waals surface area contributed by atoms with Gasteiger partial charge in [0.05, 0.1) is 13.2 Å². The van der Waals surface area contributed by atoms with Crippen molar-refractivity contribution in [2.24, 2.45) is 5.73 Å². The monoisotopic (exact) mass is 257 g/mol. The molecule has 0 bridgehead atoms. The van der Waals surface area contributed by atoms with E-state index < -0.39 is 5.91 Å². The van der Waals surface area contributed by atoms with Gasteiger partial charge in [0.15, 0.2) is 0 Å². The molecule has 1 rings (SSSR count). The van der Waals surface area contributed by atoms with Crippen LogP contribution in [0.5, 0.6) is 0 Å². The Kier molecular flexibility index (Phi) is 6.09. The van der Waals surface area contributed by atoms with E-state index in [1.54, 1.807) is 12.0 Å². The molecule has 3 N–H and O–H groups in total. The first kappa shape index (κ1) is 14.4. The Morgan fingerprint density at radius 2 is 2.33 bits per heavy atom. The van der Waals surface area contributed by atoms with Gasteiger partial charge in [-0.25, -0.2) is 0 Å². The van der Waals surface area contributed by atoms with Crippen molar-refractivity contribution in [2.45, 2.75) is 13.5 Å². The average molecular weight is 257 g/mol. The third-order valence-corrected chi connectivity index (χ3v) is 2.21. The number of methoxy groups -OCH3 is 1. The van der Waals surface area contributed by atoms with E-state index in [2.05, 4.69) is 15.5 Å². The Labute approximate surface area is 105 Å². The molecule has 8 heteroatoms. The molecule has 0 atom stereocenters. The van der Waals surface area contributed by atoms with Gasteiger partial charge in [0.2, 0.25) is 11.8 Å². The molecule has 0 aromatic carbocycles. The standard InChI is InChI=1S/C10H19N5O3/c1-3-15(7-8(11)16)10-14-13-9(18-10)6-12-4-5-17-2/h12H,3-7H2,1-2H3,(H2,11,16). The maximum atomic E-state index is 10.9. The van der Waals surface area contributed by atoms with Crippen molar-refractivity contribution in [3.8, 4) is 0 Å². The van der Waals surface area contributed by atoms with Crippen LogP contribution < -0.4 is 16.0 Å². The highest BCUT2D eigenvalue weighted by Crippen LogP contribution is 2.11. The molecule has 0 saturated heterocycles. The van der Waals surface area contributed by atoms with Crippen molar-refractivity contribution in [2.75, 3.05) is 38.3 Å². The largest absolute Gasteiger partial charge is 0.407 e. The minimum atomic E-state index is -0.435. The van der Waals surface area contributed by atoms with Gasteiger partial charge in [-0.05, 0) is 6.92 Å². The number of rotatable bonds is 9. The van der Waals surface area contributed by atoms with Crippen molar-refractivity contribution in [1.82, 2.24) is 15.5 Å². The van der Waals surface area contributed by atoms with Crippen LogP contribution in [-0.2, 0) is 16.1 Å². The molecule has 102 valence electrons. The third-order valence-electron chi connectivity index (χ3n) is 2.21. The normalized spacial score (nSPS) is 10.6. The fraction of sp³-hybridized carbons (Fsp3) is 0.700. The molecule has 1 aromatic heterocycles. The van der Waals surface area contributed by atoms with Gasteiger partial charge in [-0.2, -0.15) is 0 Å². The molecule has 0 spiro atoms. The van der Waals surface area contributed by atoms with E-state index >= 15 is 0 Å². The molecular formula is C10H19N5O3. The molecule has 0 radical (unpaired) electrons. The van der Waals surface area contributed by atoms with Crippen molar-refractivity contribution >= 4 is 11.9 Å². The van der Waals surface area contributed by atoms with Gasteiger partial charge < -0.3 is 25.1 Å². The molecule has 0 aliphatic heterocycles. The summed E-state index contributed by atoms with van der Waals surface area (Å²) in [5, 5.41) is 10.8. The lowest BCUT2D eigenvalue weighted by molar-refractivity contribution is -0.116. The number of ether oxygens (including phenoxy) is 1. The summed E-state index contributed by atoms with van der Waals surface area (Å²) < 4.78 is 10.3. The number of primary amides is 1. The molecule has 0 aliphatic carbocycles. The van der Waals surface area contributed by atoms with Gasteiger partial charge in [-0.3, -0.25) is 4.79 Å². The fourth-order valence-corrected chi connectivity index (χ4v) is 1.32. The molecule has 0 saturated carbocycles. The van der Waals surface area contributed by atoms with Crippen molar-refractivity contribution in [3.63, 3.8) is 0 Å². The van der Waals surface area contributed by atoms with Gasteiger partial charge >= 0.3 is 6.01 Å². The number of aromatic nitrogens is 2. The predicted octanol–water partition coefficient (Wildman–Crippen LogP) is -0.883. The number of nitrogens with one attached hydrogen (secondary N) is 1. The second kappa shape index (κ2) is 7.62. The highest BCUT2D eigenvalue weighted by molar-refractivity contribution is 5.78. The van der Waals surface area contributed by atoms with Crippen molar-refractivity contribution in [3.05, 3.63) is 5.89 Å². The first-order chi connectivity index (χ1) is 8.67. The predicted molar refractivity (Wildman–Crippen MR) is 65.0 cm³/mol. The molecule has 18 heavy (non-hydrogen) atoms. The summed E-state index contributed by atoms with van der Waals surface area (Å²) in [4.78, 5) is 12.5. The average Bonchev–Trinajstić information content (AvgIpc) is 2.80. The molecule has 1 amide bonds. The quantitative estimate of drug-likeness (QED) is 0.553. The number of hydrogen-bond acceptors (Lipinski definition) is 7. The SMILES string of the molecule is CCN(CC(N)=O)c1nnc(CNCCOC)o1. The van der Waals surface area contributed by atoms with Crippen LogP contribution in [0.4, 0.5) is 6.01 Å². The van der Waals surface area contributed by atoms with Crippen LogP contribution in [0.25, 0.3) is 0 Å². The van der Waals surface area contributed by atoms with Crippen LogP contribution >= 0.6 is 0 Å². The Morgan fingerprint density at radius 1 is 1.56 bits per heavy atom. The van der Waals surface area contributed by atoms with Crippen LogP contribution in [0, 0.1) is 0 Å². The highest BCUT2D eigenvalue weighted by Gasteiger charge is 2.14. The summed E-state index contributed by atoms with van der Waals surface area (Å²) in [7, 11) is 1.63. The number of anilines is 1. The summed E-state index contributed by atoms with van der Waals surface area (Å²) in [5.41, 5.74) is 5.13. The van der Waals surface area contributed by atoms with Gasteiger partial charge in [0.1, 0.15) is 6.54 Å². The van der Waals surface area contributed by atoms with Crippen LogP contribution in [0.1, 0.15) is 12.8 Å². The van der Waals surface area contributed by atoms with E-state index in [9.17, 15) is 4.79 Å². The third kappa shape index (κ3) is 4.68. The van der Waals surface area contributed by atoms with Gasteiger partial charge in [-0.15, -0.1) is 5.10 Å². The van der Waals surface area contributed by atoms with E-state index in [1.165, 1.54) is 0 Å². The smallest absolute Gasteiger partial charge is 0.318 e. The zero-order chi connectivity index (χ0) is 13.4. The molecule has 0 fully saturated rings. The lowest BCUT2D eigenvalue weighted by Crippen LogP contribution is -2.33. The first-order valence-electron chi connectivity index (χ1n) is 5.72. The summed E-state index contributed by atoms with van der Waals surface area (Å²) in [6, 6.07) is 0.305. The molecule has 0 aliphatic rings. The zero-order valence-corrected chi connectivity index (χ0v) is 10.7. The lowest BCUT2D eigenvalue weighted by Gasteiger charge is -2.14. The van der Waals surface area contributed by atoms with E-state index in [4.69, 9.17) is 14.9 Å². The highest BCUT2D eigenvalue weighted by atomic mass is 16.5. The Bertz CT molecular complexity index is 368. The summed E-state index contributed by atoms with van der Waals surface area (Å²) in [6.07, 6.45) is 0. The van der Waals surface area contributed by atoms with Crippen LogP contribution in [0.2, 0.25) is 0 Å². The lowest BCUT2D eigenvalue weighted by atomic mass is 10.5. The number of hydrogen-bond donors (Lipinski definition) is 2. The van der Waals surface area contributed by atoms with E-state index in [0.717, 1.165) is 0 Å². The zero-order valence-electron chi connectivity index (χ0n) is 10.7. The number of nitrogens with zero attached hydrogens (tertiary/aromatic N) is 3.